The van der Waals surface area contributed by atoms with Crippen LogP contribution in [0, 0.1) is 5.82 Å². The Morgan fingerprint density at radius 1 is 1.32 bits per heavy atom. The molecule has 0 unspecified atom stereocenters. The largest absolute Gasteiger partial charge is 0.478 e. The van der Waals surface area contributed by atoms with Gasteiger partial charge < -0.3 is 21.1 Å². The lowest BCUT2D eigenvalue weighted by Crippen LogP contribution is -2.37. The van der Waals surface area contributed by atoms with Crippen LogP contribution in [0.15, 0.2) is 18.2 Å². The summed E-state index contributed by atoms with van der Waals surface area (Å²) in [6.07, 6.45) is 0. The Labute approximate surface area is 107 Å². The maximum absolute atomic E-state index is 13.5. The molecule has 102 valence electrons. The average Bonchev–Trinajstić information content (AvgIpc) is 2.38. The van der Waals surface area contributed by atoms with E-state index in [0.29, 0.717) is 0 Å². The number of urea groups is 1. The van der Waals surface area contributed by atoms with Crippen molar-refractivity contribution in [3.8, 4) is 0 Å². The average molecular weight is 269 g/mol. The van der Waals surface area contributed by atoms with E-state index in [1.807, 2.05) is 0 Å². The monoisotopic (exact) mass is 269 g/mol. The van der Waals surface area contributed by atoms with E-state index in [1.165, 1.54) is 7.05 Å². The Morgan fingerprint density at radius 2 is 2.00 bits per heavy atom. The fourth-order valence-electron chi connectivity index (χ4n) is 1.16. The number of hydrogen-bond donors (Lipinski definition) is 4. The summed E-state index contributed by atoms with van der Waals surface area (Å²) in [6, 6.07) is 2.29. The van der Waals surface area contributed by atoms with E-state index in [0.717, 1.165) is 18.2 Å². The zero-order chi connectivity index (χ0) is 14.4. The molecule has 0 bridgehead atoms. The summed E-state index contributed by atoms with van der Waals surface area (Å²) < 4.78 is 13.5. The Hall–Kier alpha value is -2.64. The van der Waals surface area contributed by atoms with Crippen LogP contribution in [0.25, 0.3) is 0 Å². The molecule has 0 aliphatic carbocycles. The van der Waals surface area contributed by atoms with E-state index in [2.05, 4.69) is 16.0 Å². The lowest BCUT2D eigenvalue weighted by Gasteiger charge is -2.08. The number of benzene rings is 1. The number of carboxylic acids is 1. The minimum absolute atomic E-state index is 0.181. The van der Waals surface area contributed by atoms with Gasteiger partial charge in [-0.15, -0.1) is 0 Å². The van der Waals surface area contributed by atoms with Gasteiger partial charge in [-0.05, 0) is 18.2 Å². The van der Waals surface area contributed by atoms with Crippen molar-refractivity contribution in [1.82, 2.24) is 10.6 Å². The van der Waals surface area contributed by atoms with Gasteiger partial charge >= 0.3 is 12.0 Å². The van der Waals surface area contributed by atoms with Gasteiger partial charge in [0.1, 0.15) is 5.82 Å². The molecule has 0 aromatic heterocycles. The molecule has 0 heterocycles. The molecule has 0 aliphatic rings. The summed E-state index contributed by atoms with van der Waals surface area (Å²) in [5.74, 6) is -2.55. The second-order valence-electron chi connectivity index (χ2n) is 3.48. The number of hydrogen-bond acceptors (Lipinski definition) is 3. The predicted molar refractivity (Wildman–Crippen MR) is 64.4 cm³/mol. The lowest BCUT2D eigenvalue weighted by atomic mass is 10.2. The second kappa shape index (κ2) is 6.34. The molecule has 1 rings (SSSR count). The fourth-order valence-corrected chi connectivity index (χ4v) is 1.16. The fraction of sp³-hybridized carbons (Fsp3) is 0.182. The van der Waals surface area contributed by atoms with E-state index in [1.54, 1.807) is 0 Å². The van der Waals surface area contributed by atoms with E-state index in [9.17, 15) is 18.8 Å². The van der Waals surface area contributed by atoms with Crippen LogP contribution in [0.5, 0.6) is 0 Å². The van der Waals surface area contributed by atoms with Crippen LogP contribution in [0.3, 0.4) is 0 Å². The highest BCUT2D eigenvalue weighted by Crippen LogP contribution is 2.15. The van der Waals surface area contributed by atoms with Crippen molar-refractivity contribution in [3.63, 3.8) is 0 Å². The number of carbonyl (C=O) groups excluding carboxylic acids is 2. The van der Waals surface area contributed by atoms with Crippen LogP contribution in [-0.2, 0) is 4.79 Å². The minimum Gasteiger partial charge on any atom is -0.478 e. The van der Waals surface area contributed by atoms with Crippen molar-refractivity contribution >= 4 is 23.6 Å². The van der Waals surface area contributed by atoms with Gasteiger partial charge in [-0.3, -0.25) is 4.79 Å². The molecule has 0 fully saturated rings. The Bertz CT molecular complexity index is 519. The quantitative estimate of drug-likeness (QED) is 0.634. The summed E-state index contributed by atoms with van der Waals surface area (Å²) in [5, 5.41) is 15.3. The van der Waals surface area contributed by atoms with Crippen LogP contribution in [0.4, 0.5) is 14.9 Å². The van der Waals surface area contributed by atoms with E-state index in [4.69, 9.17) is 5.11 Å². The normalized spacial score (nSPS) is 9.58. The first-order chi connectivity index (χ1) is 8.93. The van der Waals surface area contributed by atoms with Crippen LogP contribution >= 0.6 is 0 Å². The van der Waals surface area contributed by atoms with Gasteiger partial charge in [0.25, 0.3) is 0 Å². The Morgan fingerprint density at radius 3 is 2.53 bits per heavy atom. The molecule has 0 atom stereocenters. The van der Waals surface area contributed by atoms with Crippen molar-refractivity contribution in [2.75, 3.05) is 18.9 Å². The van der Waals surface area contributed by atoms with Gasteiger partial charge in [0, 0.05) is 7.05 Å². The standard InChI is InChI=1S/C11H12FN3O4/c1-13-9(16)5-14-11(19)15-8-3-2-6(10(17)18)4-7(8)12/h2-4H,5H2,1H3,(H,13,16)(H,17,18)(H2,14,15,19). The van der Waals surface area contributed by atoms with Gasteiger partial charge in [-0.1, -0.05) is 0 Å². The second-order valence-corrected chi connectivity index (χ2v) is 3.48. The molecule has 8 heteroatoms. The highest BCUT2D eigenvalue weighted by molar-refractivity contribution is 5.93. The van der Waals surface area contributed by atoms with Crippen molar-refractivity contribution in [1.29, 1.82) is 0 Å². The third-order valence-electron chi connectivity index (χ3n) is 2.15. The molecular weight excluding hydrogens is 257 g/mol. The predicted octanol–water partition coefficient (Wildman–Crippen LogP) is 0.391. The van der Waals surface area contributed by atoms with Gasteiger partial charge in [0.05, 0.1) is 17.8 Å². The van der Waals surface area contributed by atoms with Crippen LogP contribution in [0.2, 0.25) is 0 Å². The van der Waals surface area contributed by atoms with Crippen LogP contribution in [0.1, 0.15) is 10.4 Å². The first kappa shape index (κ1) is 14.4. The Balaban J connectivity index is 2.64. The lowest BCUT2D eigenvalue weighted by molar-refractivity contribution is -0.119. The molecule has 0 aliphatic heterocycles. The first-order valence-electron chi connectivity index (χ1n) is 5.22. The number of carboxylic acid groups (broad SMARTS) is 1. The van der Waals surface area contributed by atoms with Crippen molar-refractivity contribution < 1.29 is 23.9 Å². The number of likely N-dealkylation sites (N-methyl/N-ethyl adjacent to an activating group) is 1. The highest BCUT2D eigenvalue weighted by atomic mass is 19.1. The molecule has 3 amide bonds. The highest BCUT2D eigenvalue weighted by Gasteiger charge is 2.11. The molecule has 0 spiro atoms. The van der Waals surface area contributed by atoms with Gasteiger partial charge in [0.15, 0.2) is 0 Å². The third kappa shape index (κ3) is 4.26. The minimum atomic E-state index is -1.27. The van der Waals surface area contributed by atoms with Crippen LogP contribution in [-0.4, -0.2) is 36.6 Å². The third-order valence-corrected chi connectivity index (χ3v) is 2.15. The van der Waals surface area contributed by atoms with Crippen LogP contribution < -0.4 is 16.0 Å². The number of halogens is 1. The number of aromatic carboxylic acids is 1. The molecule has 19 heavy (non-hydrogen) atoms. The number of nitrogens with one attached hydrogen (secondary N) is 3. The topological polar surface area (TPSA) is 108 Å². The van der Waals surface area contributed by atoms with Crippen molar-refractivity contribution in [2.24, 2.45) is 0 Å². The summed E-state index contributed by atoms with van der Waals surface area (Å²) in [6.45, 7) is -0.253. The summed E-state index contributed by atoms with van der Waals surface area (Å²) >= 11 is 0. The molecule has 7 nitrogen and oxygen atoms in total. The molecule has 0 saturated carbocycles. The molecule has 1 aromatic carbocycles. The maximum atomic E-state index is 13.5. The molecule has 4 N–H and O–H groups in total. The van der Waals surface area contributed by atoms with E-state index < -0.39 is 23.7 Å². The summed E-state index contributed by atoms with van der Waals surface area (Å²) in [7, 11) is 1.41. The smallest absolute Gasteiger partial charge is 0.335 e. The number of anilines is 1. The number of rotatable bonds is 4. The molecule has 0 radical (unpaired) electrons. The molecular formula is C11H12FN3O4. The SMILES string of the molecule is CNC(=O)CNC(=O)Nc1ccc(C(=O)O)cc1F. The summed E-state index contributed by atoms with van der Waals surface area (Å²) in [4.78, 5) is 32.8. The van der Waals surface area contributed by atoms with Gasteiger partial charge in [-0.25, -0.2) is 14.0 Å². The van der Waals surface area contributed by atoms with Crippen molar-refractivity contribution in [2.45, 2.75) is 0 Å². The zero-order valence-corrected chi connectivity index (χ0v) is 9.99. The van der Waals surface area contributed by atoms with Gasteiger partial charge in [0.2, 0.25) is 5.91 Å². The van der Waals surface area contributed by atoms with Crippen molar-refractivity contribution in [3.05, 3.63) is 29.6 Å². The number of amides is 3. The van der Waals surface area contributed by atoms with Gasteiger partial charge in [-0.2, -0.15) is 0 Å². The zero-order valence-electron chi connectivity index (χ0n) is 9.99. The molecule has 0 saturated heterocycles. The number of carbonyl (C=O) groups is 3. The summed E-state index contributed by atoms with van der Waals surface area (Å²) in [5.41, 5.74) is -0.409. The Kier molecular flexibility index (Phi) is 4.81. The van der Waals surface area contributed by atoms with E-state index in [-0.39, 0.29) is 17.8 Å². The van der Waals surface area contributed by atoms with E-state index >= 15 is 0 Å². The first-order valence-corrected chi connectivity index (χ1v) is 5.22. The maximum Gasteiger partial charge on any atom is 0.335 e. The molecule has 1 aromatic rings.